The van der Waals surface area contributed by atoms with E-state index >= 15 is 0 Å². The van der Waals surface area contributed by atoms with Crippen LogP contribution in [0, 0.1) is 0 Å². The monoisotopic (exact) mass is 364 g/mol. The third-order valence-corrected chi connectivity index (χ3v) is 4.72. The van der Waals surface area contributed by atoms with Gasteiger partial charge in [0.15, 0.2) is 0 Å². The molecule has 0 unspecified atom stereocenters. The van der Waals surface area contributed by atoms with E-state index in [-0.39, 0.29) is 5.75 Å². The SMILES string of the molecule is CCNCCCCS(=O)(=O)Nc1ccc(Br)c(OC)c1. The molecule has 0 spiro atoms. The minimum absolute atomic E-state index is 0.122. The van der Waals surface area contributed by atoms with E-state index < -0.39 is 10.0 Å². The first-order valence-electron chi connectivity index (χ1n) is 6.53. The summed E-state index contributed by atoms with van der Waals surface area (Å²) in [6, 6.07) is 5.10. The number of nitrogens with one attached hydrogen (secondary N) is 2. The van der Waals surface area contributed by atoms with E-state index in [1.54, 1.807) is 25.3 Å². The molecule has 1 aromatic carbocycles. The Morgan fingerprint density at radius 2 is 2.05 bits per heavy atom. The summed E-state index contributed by atoms with van der Waals surface area (Å²) in [5.41, 5.74) is 0.511. The number of unbranched alkanes of at least 4 members (excludes halogenated alkanes) is 1. The summed E-state index contributed by atoms with van der Waals surface area (Å²) in [6.45, 7) is 3.78. The van der Waals surface area contributed by atoms with Gasteiger partial charge in [-0.2, -0.15) is 0 Å². The largest absolute Gasteiger partial charge is 0.495 e. The number of ether oxygens (including phenoxy) is 1. The fraction of sp³-hybridized carbons (Fsp3) is 0.538. The predicted molar refractivity (Wildman–Crippen MR) is 85.9 cm³/mol. The van der Waals surface area contributed by atoms with Crippen molar-refractivity contribution in [2.24, 2.45) is 0 Å². The van der Waals surface area contributed by atoms with E-state index in [2.05, 4.69) is 26.0 Å². The molecule has 1 aromatic rings. The molecule has 0 aromatic heterocycles. The van der Waals surface area contributed by atoms with Crippen molar-refractivity contribution < 1.29 is 13.2 Å². The summed E-state index contributed by atoms with van der Waals surface area (Å²) in [5.74, 6) is 0.717. The zero-order valence-electron chi connectivity index (χ0n) is 11.8. The van der Waals surface area contributed by atoms with Crippen LogP contribution in [-0.4, -0.2) is 34.4 Å². The molecule has 1 rings (SSSR count). The molecule has 0 saturated heterocycles. The Hall–Kier alpha value is -0.790. The molecule has 0 saturated carbocycles. The molecule has 0 fully saturated rings. The summed E-state index contributed by atoms with van der Waals surface area (Å²) < 4.78 is 32.3. The first-order chi connectivity index (χ1) is 9.48. The third-order valence-electron chi connectivity index (χ3n) is 2.69. The van der Waals surface area contributed by atoms with Crippen LogP contribution in [0.1, 0.15) is 19.8 Å². The van der Waals surface area contributed by atoms with Crippen molar-refractivity contribution in [2.45, 2.75) is 19.8 Å². The highest BCUT2D eigenvalue weighted by atomic mass is 79.9. The highest BCUT2D eigenvalue weighted by Gasteiger charge is 2.11. The Bertz CT molecular complexity index is 520. The predicted octanol–water partition coefficient (Wildman–Crippen LogP) is 2.59. The molecule has 114 valence electrons. The van der Waals surface area contributed by atoms with Crippen molar-refractivity contribution in [2.75, 3.05) is 30.7 Å². The quantitative estimate of drug-likeness (QED) is 0.660. The van der Waals surface area contributed by atoms with Gasteiger partial charge in [0.2, 0.25) is 10.0 Å². The molecule has 20 heavy (non-hydrogen) atoms. The van der Waals surface area contributed by atoms with Gasteiger partial charge in [-0.25, -0.2) is 8.42 Å². The lowest BCUT2D eigenvalue weighted by atomic mass is 10.3. The van der Waals surface area contributed by atoms with Gasteiger partial charge in [-0.3, -0.25) is 4.72 Å². The van der Waals surface area contributed by atoms with E-state index in [0.717, 1.165) is 24.0 Å². The Labute approximate surface area is 129 Å². The minimum Gasteiger partial charge on any atom is -0.495 e. The number of rotatable bonds is 9. The highest BCUT2D eigenvalue weighted by molar-refractivity contribution is 9.10. The average molecular weight is 365 g/mol. The lowest BCUT2D eigenvalue weighted by Gasteiger charge is -2.10. The van der Waals surface area contributed by atoms with Crippen molar-refractivity contribution in [1.29, 1.82) is 0 Å². The molecule has 7 heteroatoms. The van der Waals surface area contributed by atoms with E-state index in [9.17, 15) is 8.42 Å². The van der Waals surface area contributed by atoms with E-state index in [1.165, 1.54) is 0 Å². The number of benzene rings is 1. The van der Waals surface area contributed by atoms with Gasteiger partial charge in [0, 0.05) is 6.07 Å². The van der Waals surface area contributed by atoms with Crippen LogP contribution in [0.5, 0.6) is 5.75 Å². The van der Waals surface area contributed by atoms with Gasteiger partial charge in [-0.05, 0) is 54.0 Å². The third kappa shape index (κ3) is 6.11. The number of sulfonamides is 1. The number of hydrogen-bond acceptors (Lipinski definition) is 4. The molecular formula is C13H21BrN2O3S. The zero-order chi connectivity index (χ0) is 15.0. The first kappa shape index (κ1) is 17.3. The van der Waals surface area contributed by atoms with E-state index in [1.807, 2.05) is 6.92 Å². The zero-order valence-corrected chi connectivity index (χ0v) is 14.2. The van der Waals surface area contributed by atoms with Crippen molar-refractivity contribution in [1.82, 2.24) is 5.32 Å². The Balaban J connectivity index is 2.53. The summed E-state index contributed by atoms with van der Waals surface area (Å²) in [5, 5.41) is 3.17. The summed E-state index contributed by atoms with van der Waals surface area (Å²) in [7, 11) is -1.77. The number of anilines is 1. The molecule has 0 heterocycles. The molecule has 0 aliphatic carbocycles. The summed E-state index contributed by atoms with van der Waals surface area (Å²) >= 11 is 3.33. The van der Waals surface area contributed by atoms with Crippen LogP contribution >= 0.6 is 15.9 Å². The van der Waals surface area contributed by atoms with E-state index in [0.29, 0.717) is 17.9 Å². The van der Waals surface area contributed by atoms with Gasteiger partial charge < -0.3 is 10.1 Å². The smallest absolute Gasteiger partial charge is 0.232 e. The second-order valence-electron chi connectivity index (χ2n) is 4.33. The van der Waals surface area contributed by atoms with Crippen LogP contribution in [0.2, 0.25) is 0 Å². The van der Waals surface area contributed by atoms with Crippen molar-refractivity contribution >= 4 is 31.6 Å². The number of methoxy groups -OCH3 is 1. The Morgan fingerprint density at radius 1 is 1.30 bits per heavy atom. The molecule has 5 nitrogen and oxygen atoms in total. The lowest BCUT2D eigenvalue weighted by molar-refractivity contribution is 0.412. The van der Waals surface area contributed by atoms with Gasteiger partial charge in [0.1, 0.15) is 5.75 Å². The van der Waals surface area contributed by atoms with Gasteiger partial charge in [0.25, 0.3) is 0 Å². The van der Waals surface area contributed by atoms with Crippen LogP contribution in [0.4, 0.5) is 5.69 Å². The normalized spacial score (nSPS) is 11.3. The van der Waals surface area contributed by atoms with Crippen LogP contribution < -0.4 is 14.8 Å². The van der Waals surface area contributed by atoms with Crippen LogP contribution in [0.25, 0.3) is 0 Å². The molecule has 0 bridgehead atoms. The average Bonchev–Trinajstić information content (AvgIpc) is 2.40. The van der Waals surface area contributed by atoms with Gasteiger partial charge >= 0.3 is 0 Å². The van der Waals surface area contributed by atoms with Crippen LogP contribution in [0.15, 0.2) is 22.7 Å². The molecule has 0 aliphatic rings. The topological polar surface area (TPSA) is 67.4 Å². The molecule has 0 aliphatic heterocycles. The Morgan fingerprint density at radius 3 is 2.70 bits per heavy atom. The standard InChI is InChI=1S/C13H21BrN2O3S/c1-3-15-8-4-5-9-20(17,18)16-11-6-7-12(14)13(10-11)19-2/h6-7,10,15-16H,3-5,8-9H2,1-2H3. The number of halogens is 1. The van der Waals surface area contributed by atoms with Crippen LogP contribution in [-0.2, 0) is 10.0 Å². The highest BCUT2D eigenvalue weighted by Crippen LogP contribution is 2.28. The first-order valence-corrected chi connectivity index (χ1v) is 8.97. The van der Waals surface area contributed by atoms with Crippen LogP contribution in [0.3, 0.4) is 0 Å². The fourth-order valence-electron chi connectivity index (χ4n) is 1.67. The maximum atomic E-state index is 11.9. The van der Waals surface area contributed by atoms with Gasteiger partial charge in [0.05, 0.1) is 23.0 Å². The molecule has 2 N–H and O–H groups in total. The summed E-state index contributed by atoms with van der Waals surface area (Å²) in [4.78, 5) is 0. The maximum Gasteiger partial charge on any atom is 0.232 e. The second kappa shape index (κ2) is 8.49. The maximum absolute atomic E-state index is 11.9. The molecular weight excluding hydrogens is 344 g/mol. The van der Waals surface area contributed by atoms with Gasteiger partial charge in [-0.15, -0.1) is 0 Å². The second-order valence-corrected chi connectivity index (χ2v) is 7.03. The molecule has 0 atom stereocenters. The Kier molecular flexibility index (Phi) is 7.32. The van der Waals surface area contributed by atoms with Crippen molar-refractivity contribution in [3.63, 3.8) is 0 Å². The number of hydrogen-bond donors (Lipinski definition) is 2. The summed E-state index contributed by atoms with van der Waals surface area (Å²) in [6.07, 6.45) is 1.48. The molecule has 0 radical (unpaired) electrons. The molecule has 0 amide bonds. The van der Waals surface area contributed by atoms with Gasteiger partial charge in [-0.1, -0.05) is 6.92 Å². The van der Waals surface area contributed by atoms with Crippen molar-refractivity contribution in [3.05, 3.63) is 22.7 Å². The van der Waals surface area contributed by atoms with Crippen molar-refractivity contribution in [3.8, 4) is 5.75 Å². The minimum atomic E-state index is -3.31. The lowest BCUT2D eigenvalue weighted by Crippen LogP contribution is -2.19. The fourth-order valence-corrected chi connectivity index (χ4v) is 3.25. The van der Waals surface area contributed by atoms with E-state index in [4.69, 9.17) is 4.74 Å².